The Morgan fingerprint density at radius 1 is 1.56 bits per heavy atom. The van der Waals surface area contributed by atoms with Crippen LogP contribution in [0.3, 0.4) is 0 Å². The summed E-state index contributed by atoms with van der Waals surface area (Å²) >= 11 is 1.57. The van der Waals surface area contributed by atoms with E-state index in [1.54, 1.807) is 11.3 Å². The van der Waals surface area contributed by atoms with E-state index in [2.05, 4.69) is 4.98 Å². The molecule has 0 unspecified atom stereocenters. The van der Waals surface area contributed by atoms with Gasteiger partial charge in [0.05, 0.1) is 12.2 Å². The third-order valence-corrected chi connectivity index (χ3v) is 3.54. The Morgan fingerprint density at radius 3 is 2.83 bits per heavy atom. The van der Waals surface area contributed by atoms with Gasteiger partial charge in [0.15, 0.2) is 4.96 Å². The van der Waals surface area contributed by atoms with Crippen molar-refractivity contribution in [3.63, 3.8) is 0 Å². The molecule has 0 atom stereocenters. The van der Waals surface area contributed by atoms with E-state index < -0.39 is 5.97 Å². The molecule has 98 valence electrons. The van der Waals surface area contributed by atoms with Crippen molar-refractivity contribution in [2.24, 2.45) is 0 Å². The maximum absolute atomic E-state index is 10.9. The van der Waals surface area contributed by atoms with Gasteiger partial charge in [-0.3, -0.25) is 14.1 Å². The van der Waals surface area contributed by atoms with E-state index in [0.717, 1.165) is 10.7 Å². The Labute approximate surface area is 110 Å². The summed E-state index contributed by atoms with van der Waals surface area (Å²) in [5, 5.41) is 10.9. The van der Waals surface area contributed by atoms with E-state index in [0.29, 0.717) is 6.54 Å². The maximum Gasteiger partial charge on any atom is 0.317 e. The number of nitrogens with zero attached hydrogens (tertiary/aromatic N) is 3. The van der Waals surface area contributed by atoms with Crippen molar-refractivity contribution in [3.05, 3.63) is 23.5 Å². The van der Waals surface area contributed by atoms with Crippen molar-refractivity contribution in [1.82, 2.24) is 14.3 Å². The van der Waals surface area contributed by atoms with Gasteiger partial charge in [0.1, 0.15) is 0 Å². The number of carbonyl (C=O) groups is 1. The van der Waals surface area contributed by atoms with Gasteiger partial charge in [-0.2, -0.15) is 0 Å². The highest BCUT2D eigenvalue weighted by Gasteiger charge is 2.24. The Balaban J connectivity index is 2.17. The Hall–Kier alpha value is -1.40. The van der Waals surface area contributed by atoms with E-state index in [4.69, 9.17) is 5.11 Å². The minimum Gasteiger partial charge on any atom is -0.480 e. The molecular weight excluding hydrogens is 250 g/mol. The predicted octanol–water partition coefficient (Wildman–Crippen LogP) is 2.08. The minimum atomic E-state index is -0.814. The van der Waals surface area contributed by atoms with Crippen molar-refractivity contribution >= 4 is 22.3 Å². The summed E-state index contributed by atoms with van der Waals surface area (Å²) in [6, 6.07) is 0. The molecule has 2 aromatic heterocycles. The number of carboxylic acid groups (broad SMARTS) is 1. The van der Waals surface area contributed by atoms with Crippen LogP contribution < -0.4 is 0 Å². The van der Waals surface area contributed by atoms with Crippen molar-refractivity contribution < 1.29 is 9.90 Å². The molecule has 0 aliphatic carbocycles. The van der Waals surface area contributed by atoms with Crippen molar-refractivity contribution in [2.45, 2.75) is 32.9 Å². The quantitative estimate of drug-likeness (QED) is 0.921. The molecule has 0 bridgehead atoms. The largest absolute Gasteiger partial charge is 0.480 e. The maximum atomic E-state index is 10.9. The molecular formula is C12H17N3O2S. The Bertz CT molecular complexity index is 524. The van der Waals surface area contributed by atoms with E-state index in [-0.39, 0.29) is 12.1 Å². The summed E-state index contributed by atoms with van der Waals surface area (Å²) in [7, 11) is 0. The summed E-state index contributed by atoms with van der Waals surface area (Å²) in [6.07, 6.45) is 3.90. The number of thiazole rings is 1. The first-order chi connectivity index (χ1) is 8.36. The first-order valence-electron chi connectivity index (χ1n) is 5.74. The SMILES string of the molecule is CC(C)(C)N(CC(=O)O)Cc1cn2ccsc2n1. The smallest absolute Gasteiger partial charge is 0.317 e. The highest BCUT2D eigenvalue weighted by Crippen LogP contribution is 2.18. The number of imidazole rings is 1. The zero-order chi connectivity index (χ0) is 13.3. The number of hydrogen-bond acceptors (Lipinski definition) is 4. The molecule has 6 heteroatoms. The third-order valence-electron chi connectivity index (χ3n) is 2.77. The van der Waals surface area contributed by atoms with E-state index >= 15 is 0 Å². The van der Waals surface area contributed by atoms with Crippen molar-refractivity contribution in [1.29, 1.82) is 0 Å². The summed E-state index contributed by atoms with van der Waals surface area (Å²) in [5.41, 5.74) is 0.702. The van der Waals surface area contributed by atoms with Crippen LogP contribution in [0.2, 0.25) is 0 Å². The molecule has 0 saturated heterocycles. The lowest BCUT2D eigenvalue weighted by Gasteiger charge is -2.33. The molecule has 0 aromatic carbocycles. The second-order valence-corrected chi connectivity index (χ2v) is 6.12. The van der Waals surface area contributed by atoms with Crippen LogP contribution in [0.15, 0.2) is 17.8 Å². The molecule has 1 N–H and O–H groups in total. The number of aliphatic carboxylic acids is 1. The van der Waals surface area contributed by atoms with E-state index in [1.165, 1.54) is 0 Å². The second-order valence-electron chi connectivity index (χ2n) is 5.25. The fourth-order valence-corrected chi connectivity index (χ4v) is 2.46. The zero-order valence-corrected chi connectivity index (χ0v) is 11.6. The van der Waals surface area contributed by atoms with Gasteiger partial charge in [0.2, 0.25) is 0 Å². The molecule has 0 fully saturated rings. The monoisotopic (exact) mass is 267 g/mol. The molecule has 5 nitrogen and oxygen atoms in total. The average Bonchev–Trinajstić information content (AvgIpc) is 2.74. The molecule has 2 heterocycles. The van der Waals surface area contributed by atoms with E-state index in [1.807, 2.05) is 47.8 Å². The molecule has 0 aliphatic rings. The molecule has 0 radical (unpaired) electrons. The van der Waals surface area contributed by atoms with Crippen LogP contribution in [0, 0.1) is 0 Å². The lowest BCUT2D eigenvalue weighted by Crippen LogP contribution is -2.43. The summed E-state index contributed by atoms with van der Waals surface area (Å²) < 4.78 is 1.96. The van der Waals surface area contributed by atoms with Crippen LogP contribution in [0.5, 0.6) is 0 Å². The predicted molar refractivity (Wildman–Crippen MR) is 70.9 cm³/mol. The molecule has 0 amide bonds. The van der Waals surface area contributed by atoms with Crippen molar-refractivity contribution in [2.75, 3.05) is 6.54 Å². The summed E-state index contributed by atoms with van der Waals surface area (Å²) in [5.74, 6) is -0.814. The summed E-state index contributed by atoms with van der Waals surface area (Å²) in [4.78, 5) is 18.2. The minimum absolute atomic E-state index is 0.0225. The van der Waals surface area contributed by atoms with Crippen LogP contribution in [-0.4, -0.2) is 37.4 Å². The van der Waals surface area contributed by atoms with Gasteiger partial charge < -0.3 is 5.11 Å². The van der Waals surface area contributed by atoms with Crippen LogP contribution in [-0.2, 0) is 11.3 Å². The number of hydrogen-bond donors (Lipinski definition) is 1. The highest BCUT2D eigenvalue weighted by molar-refractivity contribution is 7.15. The van der Waals surface area contributed by atoms with Gasteiger partial charge in [0, 0.05) is 29.9 Å². The third kappa shape index (κ3) is 2.88. The van der Waals surface area contributed by atoms with Gasteiger partial charge in [-0.15, -0.1) is 11.3 Å². The van der Waals surface area contributed by atoms with E-state index in [9.17, 15) is 4.79 Å². The summed E-state index contributed by atoms with van der Waals surface area (Å²) in [6.45, 7) is 6.59. The molecule has 0 saturated carbocycles. The normalized spacial score (nSPS) is 12.4. The average molecular weight is 267 g/mol. The highest BCUT2D eigenvalue weighted by atomic mass is 32.1. The first kappa shape index (κ1) is 13.0. The number of aromatic nitrogens is 2. The first-order valence-corrected chi connectivity index (χ1v) is 6.62. The Morgan fingerprint density at radius 2 is 2.28 bits per heavy atom. The van der Waals surface area contributed by atoms with Crippen LogP contribution >= 0.6 is 11.3 Å². The van der Waals surface area contributed by atoms with Gasteiger partial charge >= 0.3 is 5.97 Å². The second kappa shape index (κ2) is 4.70. The molecule has 18 heavy (non-hydrogen) atoms. The number of fused-ring (bicyclic) bond motifs is 1. The molecule has 2 aromatic rings. The van der Waals surface area contributed by atoms with Gasteiger partial charge in [-0.05, 0) is 20.8 Å². The topological polar surface area (TPSA) is 57.8 Å². The molecule has 0 aliphatic heterocycles. The standard InChI is InChI=1S/C12H17N3O2S/c1-12(2,3)15(8-10(16)17)7-9-6-14-4-5-18-11(14)13-9/h4-6H,7-8H2,1-3H3,(H,16,17). The van der Waals surface area contributed by atoms with Gasteiger partial charge in [-0.1, -0.05) is 0 Å². The van der Waals surface area contributed by atoms with Gasteiger partial charge in [0.25, 0.3) is 0 Å². The van der Waals surface area contributed by atoms with Gasteiger partial charge in [-0.25, -0.2) is 4.98 Å². The fourth-order valence-electron chi connectivity index (χ4n) is 1.74. The molecule has 0 spiro atoms. The number of carboxylic acids is 1. The Kier molecular flexibility index (Phi) is 3.41. The lowest BCUT2D eigenvalue weighted by atomic mass is 10.1. The van der Waals surface area contributed by atoms with Crippen LogP contribution in [0.4, 0.5) is 0 Å². The van der Waals surface area contributed by atoms with Crippen LogP contribution in [0.1, 0.15) is 26.5 Å². The lowest BCUT2D eigenvalue weighted by molar-refractivity contribution is -0.139. The molecule has 2 rings (SSSR count). The van der Waals surface area contributed by atoms with Crippen LogP contribution in [0.25, 0.3) is 4.96 Å². The fraction of sp³-hybridized carbons (Fsp3) is 0.500. The zero-order valence-electron chi connectivity index (χ0n) is 10.8. The number of rotatable bonds is 4. The van der Waals surface area contributed by atoms with Crippen molar-refractivity contribution in [3.8, 4) is 0 Å².